The van der Waals surface area contributed by atoms with Gasteiger partial charge in [-0.2, -0.15) is 0 Å². The molecule has 1 aromatic rings. The normalized spacial score (nSPS) is 9.27. The molecule has 4 heteroatoms. The van der Waals surface area contributed by atoms with Crippen molar-refractivity contribution < 1.29 is 10.0 Å². The van der Waals surface area contributed by atoms with Crippen molar-refractivity contribution in [3.8, 4) is 0 Å². The fourth-order valence-corrected chi connectivity index (χ4v) is 0.940. The van der Waals surface area contributed by atoms with E-state index in [1.807, 2.05) is 0 Å². The van der Waals surface area contributed by atoms with Crippen molar-refractivity contribution in [2.45, 2.75) is 0 Å². The molecule has 0 amide bonds. The zero-order chi connectivity index (χ0) is 8.27. The van der Waals surface area contributed by atoms with Gasteiger partial charge in [0.15, 0.2) is 0 Å². The van der Waals surface area contributed by atoms with E-state index in [9.17, 15) is 0 Å². The minimum atomic E-state index is -1.41. The fraction of sp³-hybridized carbons (Fsp3) is 0. The van der Waals surface area contributed by atoms with E-state index in [0.29, 0.717) is 5.46 Å². The number of hydrogen-bond acceptors (Lipinski definition) is 3. The summed E-state index contributed by atoms with van der Waals surface area (Å²) < 4.78 is 0. The second-order valence-electron chi connectivity index (χ2n) is 2.16. The lowest BCUT2D eigenvalue weighted by molar-refractivity contribution is 0.426. The number of hydrogen-bond donors (Lipinski definition) is 2. The van der Waals surface area contributed by atoms with Crippen molar-refractivity contribution in [3.05, 3.63) is 29.8 Å². The molecule has 0 saturated carbocycles. The van der Waals surface area contributed by atoms with Gasteiger partial charge in [0, 0.05) is 5.37 Å². The van der Waals surface area contributed by atoms with Crippen molar-refractivity contribution in [1.29, 1.82) is 0 Å². The molecule has 11 heavy (non-hydrogen) atoms. The van der Waals surface area contributed by atoms with Crippen LogP contribution in [0.1, 0.15) is 5.56 Å². The second kappa shape index (κ2) is 3.62. The summed E-state index contributed by atoms with van der Waals surface area (Å²) in [5.74, 6) is 0. The highest BCUT2D eigenvalue weighted by atomic mass is 32.1. The van der Waals surface area contributed by atoms with Crippen LogP contribution in [0.2, 0.25) is 0 Å². The average Bonchev–Trinajstić information content (AvgIpc) is 2.05. The summed E-state index contributed by atoms with van der Waals surface area (Å²) in [4.78, 5) is 0. The molecule has 0 spiro atoms. The van der Waals surface area contributed by atoms with E-state index >= 15 is 0 Å². The van der Waals surface area contributed by atoms with Crippen LogP contribution >= 0.6 is 12.2 Å². The van der Waals surface area contributed by atoms with E-state index in [0.717, 1.165) is 5.56 Å². The van der Waals surface area contributed by atoms with Crippen molar-refractivity contribution in [2.24, 2.45) is 0 Å². The molecule has 0 aromatic heterocycles. The van der Waals surface area contributed by atoms with Crippen LogP contribution in [-0.2, 0) is 0 Å². The highest BCUT2D eigenvalue weighted by molar-refractivity contribution is 7.79. The van der Waals surface area contributed by atoms with E-state index in [1.54, 1.807) is 24.3 Å². The monoisotopic (exact) mass is 166 g/mol. The third kappa shape index (κ3) is 2.11. The summed E-state index contributed by atoms with van der Waals surface area (Å²) in [7, 11) is -1.41. The molecule has 0 fully saturated rings. The zero-order valence-electron chi connectivity index (χ0n) is 5.77. The van der Waals surface area contributed by atoms with Crippen LogP contribution in [0.5, 0.6) is 0 Å². The van der Waals surface area contributed by atoms with E-state index in [2.05, 4.69) is 12.2 Å². The van der Waals surface area contributed by atoms with Crippen LogP contribution in [0.25, 0.3) is 0 Å². The predicted molar refractivity (Wildman–Crippen MR) is 49.0 cm³/mol. The third-order valence-electron chi connectivity index (χ3n) is 1.34. The summed E-state index contributed by atoms with van der Waals surface area (Å²) in [6.07, 6.45) is 0. The Hall–Kier alpha value is -0.705. The van der Waals surface area contributed by atoms with Gasteiger partial charge in [0.1, 0.15) is 0 Å². The van der Waals surface area contributed by atoms with Crippen LogP contribution in [0.3, 0.4) is 0 Å². The third-order valence-corrected chi connectivity index (χ3v) is 1.62. The SMILES string of the molecule is OB(O)c1cccc(C=S)c1. The molecule has 0 saturated heterocycles. The summed E-state index contributed by atoms with van der Waals surface area (Å²) in [6, 6.07) is 6.80. The standard InChI is InChI=1S/C7H7BO2S/c9-8(10)7-3-1-2-6(4-7)5-11/h1-5,9-10H. The Bertz CT molecular complexity index is 262. The van der Waals surface area contributed by atoms with E-state index in [-0.39, 0.29) is 0 Å². The molecule has 1 aromatic carbocycles. The van der Waals surface area contributed by atoms with Crippen LogP contribution in [-0.4, -0.2) is 22.5 Å². The van der Waals surface area contributed by atoms with Gasteiger partial charge in [-0.15, -0.1) is 0 Å². The van der Waals surface area contributed by atoms with E-state index < -0.39 is 7.12 Å². The first kappa shape index (κ1) is 8.39. The lowest BCUT2D eigenvalue weighted by Gasteiger charge is -1.98. The Morgan fingerprint density at radius 3 is 2.64 bits per heavy atom. The lowest BCUT2D eigenvalue weighted by atomic mass is 9.80. The van der Waals surface area contributed by atoms with E-state index in [4.69, 9.17) is 10.0 Å². The fourth-order valence-electron chi connectivity index (χ4n) is 0.793. The molecule has 2 nitrogen and oxygen atoms in total. The van der Waals surface area contributed by atoms with Gasteiger partial charge in [0.05, 0.1) is 0 Å². The first-order valence-corrected chi connectivity index (χ1v) is 3.62. The highest BCUT2D eigenvalue weighted by Crippen LogP contribution is 1.92. The molecule has 1 rings (SSSR count). The molecule has 0 unspecified atom stereocenters. The molecule has 56 valence electrons. The highest BCUT2D eigenvalue weighted by Gasteiger charge is 2.09. The Morgan fingerprint density at radius 1 is 1.36 bits per heavy atom. The maximum atomic E-state index is 8.75. The van der Waals surface area contributed by atoms with Gasteiger partial charge in [-0.3, -0.25) is 0 Å². The second-order valence-corrected chi connectivity index (χ2v) is 2.40. The zero-order valence-corrected chi connectivity index (χ0v) is 6.58. The summed E-state index contributed by atoms with van der Waals surface area (Å²) in [5, 5.41) is 19.0. The molecular weight excluding hydrogens is 159 g/mol. The van der Waals surface area contributed by atoms with Gasteiger partial charge in [0.2, 0.25) is 0 Å². The van der Waals surface area contributed by atoms with E-state index in [1.165, 1.54) is 5.37 Å². The molecule has 2 N–H and O–H groups in total. The number of benzene rings is 1. The van der Waals surface area contributed by atoms with Crippen LogP contribution in [0.15, 0.2) is 24.3 Å². The number of thiocarbonyl (C=S) groups is 1. The Labute approximate surface area is 70.6 Å². The van der Waals surface area contributed by atoms with Gasteiger partial charge < -0.3 is 10.0 Å². The number of rotatable bonds is 2. The first-order chi connectivity index (χ1) is 5.24. The smallest absolute Gasteiger partial charge is 0.423 e. The maximum Gasteiger partial charge on any atom is 0.488 e. The van der Waals surface area contributed by atoms with Crippen molar-refractivity contribution in [3.63, 3.8) is 0 Å². The quantitative estimate of drug-likeness (QED) is 0.468. The topological polar surface area (TPSA) is 40.5 Å². The first-order valence-electron chi connectivity index (χ1n) is 3.15. The lowest BCUT2D eigenvalue weighted by Crippen LogP contribution is -2.29. The summed E-state index contributed by atoms with van der Waals surface area (Å²) in [5.41, 5.74) is 1.27. The van der Waals surface area contributed by atoms with Gasteiger partial charge in [0.25, 0.3) is 0 Å². The average molecular weight is 166 g/mol. The Morgan fingerprint density at radius 2 is 2.09 bits per heavy atom. The van der Waals surface area contributed by atoms with Gasteiger partial charge in [-0.05, 0) is 11.0 Å². The van der Waals surface area contributed by atoms with Crippen LogP contribution < -0.4 is 5.46 Å². The van der Waals surface area contributed by atoms with Crippen LogP contribution in [0.4, 0.5) is 0 Å². The van der Waals surface area contributed by atoms with Crippen molar-refractivity contribution >= 4 is 30.2 Å². The molecule has 0 aliphatic rings. The largest absolute Gasteiger partial charge is 0.488 e. The molecular formula is C7H7BO2S. The Kier molecular flexibility index (Phi) is 2.76. The molecule has 0 heterocycles. The molecule has 0 bridgehead atoms. The van der Waals surface area contributed by atoms with Crippen molar-refractivity contribution in [2.75, 3.05) is 0 Å². The molecule has 0 radical (unpaired) electrons. The summed E-state index contributed by atoms with van der Waals surface area (Å²) in [6.45, 7) is 0. The van der Waals surface area contributed by atoms with Crippen molar-refractivity contribution in [1.82, 2.24) is 0 Å². The minimum absolute atomic E-state index is 0.462. The molecule has 0 aliphatic heterocycles. The minimum Gasteiger partial charge on any atom is -0.423 e. The van der Waals surface area contributed by atoms with Gasteiger partial charge in [-0.25, -0.2) is 0 Å². The summed E-state index contributed by atoms with van der Waals surface area (Å²) >= 11 is 4.68. The molecule has 0 aliphatic carbocycles. The van der Waals surface area contributed by atoms with Gasteiger partial charge >= 0.3 is 7.12 Å². The van der Waals surface area contributed by atoms with Gasteiger partial charge in [-0.1, -0.05) is 36.5 Å². The van der Waals surface area contributed by atoms with Crippen LogP contribution in [0, 0.1) is 0 Å². The Balaban J connectivity index is 3.00. The molecule has 0 atom stereocenters. The predicted octanol–water partition coefficient (Wildman–Crippen LogP) is -0.286. The maximum absolute atomic E-state index is 8.75.